The topological polar surface area (TPSA) is 89.3 Å². The first-order valence-electron chi connectivity index (χ1n) is 4.17. The minimum Gasteiger partial charge on any atom is -0.321 e. The summed E-state index contributed by atoms with van der Waals surface area (Å²) in [5.41, 5.74) is -0.344. The lowest BCUT2D eigenvalue weighted by Crippen LogP contribution is -2.08. The summed E-state index contributed by atoms with van der Waals surface area (Å²) in [6.45, 7) is 1.23. The molecule has 0 spiro atoms. The number of hydrogen-bond acceptors (Lipinski definition) is 4. The number of benzene rings is 1. The molecule has 0 atom stereocenters. The minimum atomic E-state index is -0.794. The van der Waals surface area contributed by atoms with Crippen molar-refractivity contribution in [3.8, 4) is 0 Å². The van der Waals surface area contributed by atoms with Gasteiger partial charge in [0, 0.05) is 18.6 Å². The summed E-state index contributed by atoms with van der Waals surface area (Å²) >= 11 is 5.19. The zero-order valence-electron chi connectivity index (χ0n) is 8.19. The molecule has 1 aromatic rings. The van der Waals surface area contributed by atoms with E-state index in [-0.39, 0.29) is 16.9 Å². The SMILES string of the molecule is CC(=O)Nc1ccc(C(=O)Cl)cc1[N+](=O)[O-]. The number of nitrogens with zero attached hydrogens (tertiary/aromatic N) is 1. The number of amides is 1. The van der Waals surface area contributed by atoms with Crippen LogP contribution in [0.1, 0.15) is 17.3 Å². The third kappa shape index (κ3) is 2.77. The Labute approximate surface area is 95.4 Å². The number of carbonyl (C=O) groups is 2. The van der Waals surface area contributed by atoms with Crippen LogP contribution in [0.4, 0.5) is 11.4 Å². The molecule has 0 unspecified atom stereocenters. The predicted molar refractivity (Wildman–Crippen MR) is 57.6 cm³/mol. The first-order chi connectivity index (χ1) is 7.41. The minimum absolute atomic E-state index is 0.00229. The van der Waals surface area contributed by atoms with Crippen molar-refractivity contribution in [1.82, 2.24) is 0 Å². The van der Waals surface area contributed by atoms with Crippen molar-refractivity contribution in [3.05, 3.63) is 33.9 Å². The first kappa shape index (κ1) is 12.1. The number of anilines is 1. The van der Waals surface area contributed by atoms with Crippen LogP contribution in [0.2, 0.25) is 0 Å². The van der Waals surface area contributed by atoms with Crippen molar-refractivity contribution in [2.45, 2.75) is 6.92 Å². The standard InChI is InChI=1S/C9H7ClN2O4/c1-5(13)11-7-3-2-6(9(10)14)4-8(7)12(15)16/h2-4H,1H3,(H,11,13). The number of nitrogens with one attached hydrogen (secondary N) is 1. The molecule has 0 aliphatic carbocycles. The van der Waals surface area contributed by atoms with Gasteiger partial charge in [0.15, 0.2) is 0 Å². The van der Waals surface area contributed by atoms with E-state index < -0.39 is 16.1 Å². The highest BCUT2D eigenvalue weighted by Crippen LogP contribution is 2.26. The maximum absolute atomic E-state index is 10.8. The Morgan fingerprint density at radius 1 is 1.44 bits per heavy atom. The van der Waals surface area contributed by atoms with Crippen LogP contribution in [-0.4, -0.2) is 16.1 Å². The van der Waals surface area contributed by atoms with Crippen molar-refractivity contribution >= 4 is 34.1 Å². The predicted octanol–water partition coefficient (Wildman–Crippen LogP) is 1.93. The number of carbonyl (C=O) groups excluding carboxylic acids is 2. The van der Waals surface area contributed by atoms with Crippen LogP contribution in [0.25, 0.3) is 0 Å². The third-order valence-electron chi connectivity index (χ3n) is 1.73. The van der Waals surface area contributed by atoms with Gasteiger partial charge in [-0.3, -0.25) is 19.7 Å². The number of halogens is 1. The molecule has 1 rings (SSSR count). The second-order valence-electron chi connectivity index (χ2n) is 2.94. The molecule has 7 heteroatoms. The Hall–Kier alpha value is -1.95. The zero-order chi connectivity index (χ0) is 12.3. The van der Waals surface area contributed by atoms with Crippen molar-refractivity contribution in [3.63, 3.8) is 0 Å². The molecule has 0 bridgehead atoms. The highest BCUT2D eigenvalue weighted by Gasteiger charge is 2.17. The van der Waals surface area contributed by atoms with Crippen LogP contribution in [-0.2, 0) is 4.79 Å². The van der Waals surface area contributed by atoms with Crippen LogP contribution >= 0.6 is 11.6 Å². The molecule has 0 aliphatic heterocycles. The third-order valence-corrected chi connectivity index (χ3v) is 1.95. The summed E-state index contributed by atoms with van der Waals surface area (Å²) in [6, 6.07) is 3.57. The molecule has 1 N–H and O–H groups in total. The molecule has 0 heterocycles. The second-order valence-corrected chi connectivity index (χ2v) is 3.29. The fourth-order valence-corrected chi connectivity index (χ4v) is 1.22. The van der Waals surface area contributed by atoms with E-state index in [9.17, 15) is 19.7 Å². The number of rotatable bonds is 3. The van der Waals surface area contributed by atoms with Gasteiger partial charge in [0.2, 0.25) is 5.91 Å². The molecule has 16 heavy (non-hydrogen) atoms. The van der Waals surface area contributed by atoms with Crippen molar-refractivity contribution in [2.75, 3.05) is 5.32 Å². The molecular formula is C9H7ClN2O4. The van der Waals surface area contributed by atoms with E-state index >= 15 is 0 Å². The average Bonchev–Trinajstić information content (AvgIpc) is 2.16. The van der Waals surface area contributed by atoms with Crippen LogP contribution in [0.5, 0.6) is 0 Å². The molecule has 0 fully saturated rings. The first-order valence-corrected chi connectivity index (χ1v) is 4.55. The van der Waals surface area contributed by atoms with Gasteiger partial charge in [0.1, 0.15) is 5.69 Å². The Morgan fingerprint density at radius 2 is 2.06 bits per heavy atom. The summed E-state index contributed by atoms with van der Waals surface area (Å²) < 4.78 is 0. The summed E-state index contributed by atoms with van der Waals surface area (Å²) in [5.74, 6) is -0.437. The number of nitro groups is 1. The van der Waals surface area contributed by atoms with Crippen LogP contribution in [0, 0.1) is 10.1 Å². The Balaban J connectivity index is 3.24. The highest BCUT2D eigenvalue weighted by atomic mass is 35.5. The van der Waals surface area contributed by atoms with E-state index in [0.717, 1.165) is 6.07 Å². The molecule has 0 radical (unpaired) electrons. The second kappa shape index (κ2) is 4.71. The fourth-order valence-electron chi connectivity index (χ4n) is 1.10. The molecule has 0 aromatic heterocycles. The van der Waals surface area contributed by atoms with E-state index in [2.05, 4.69) is 5.32 Å². The lowest BCUT2D eigenvalue weighted by molar-refractivity contribution is -0.383. The molecule has 0 saturated heterocycles. The maximum atomic E-state index is 10.8. The van der Waals surface area contributed by atoms with Gasteiger partial charge in [0.05, 0.1) is 4.92 Å². The Morgan fingerprint density at radius 3 is 2.50 bits per heavy atom. The average molecular weight is 243 g/mol. The lowest BCUT2D eigenvalue weighted by atomic mass is 10.2. The quantitative estimate of drug-likeness (QED) is 0.498. The Kier molecular flexibility index (Phi) is 3.57. The van der Waals surface area contributed by atoms with Gasteiger partial charge in [-0.05, 0) is 23.7 Å². The summed E-state index contributed by atoms with van der Waals surface area (Å²) in [7, 11) is 0. The normalized spacial score (nSPS) is 9.62. The Bertz CT molecular complexity index is 473. The maximum Gasteiger partial charge on any atom is 0.293 e. The van der Waals surface area contributed by atoms with Crippen LogP contribution < -0.4 is 5.32 Å². The monoisotopic (exact) mass is 242 g/mol. The van der Waals surface area contributed by atoms with Gasteiger partial charge < -0.3 is 5.32 Å². The van der Waals surface area contributed by atoms with Gasteiger partial charge in [-0.2, -0.15) is 0 Å². The van der Waals surface area contributed by atoms with Gasteiger partial charge >= 0.3 is 0 Å². The smallest absolute Gasteiger partial charge is 0.293 e. The van der Waals surface area contributed by atoms with E-state index in [1.165, 1.54) is 19.1 Å². The van der Waals surface area contributed by atoms with Gasteiger partial charge in [-0.15, -0.1) is 0 Å². The largest absolute Gasteiger partial charge is 0.321 e. The van der Waals surface area contributed by atoms with Gasteiger partial charge in [-0.1, -0.05) is 0 Å². The number of hydrogen-bond donors (Lipinski definition) is 1. The summed E-state index contributed by atoms with van der Waals surface area (Å²) in [6.07, 6.45) is 0. The van der Waals surface area contributed by atoms with Crippen molar-refractivity contribution < 1.29 is 14.5 Å². The fraction of sp³-hybridized carbons (Fsp3) is 0.111. The molecule has 0 saturated carbocycles. The van der Waals surface area contributed by atoms with Crippen LogP contribution in [0.15, 0.2) is 18.2 Å². The van der Waals surface area contributed by atoms with E-state index in [1.54, 1.807) is 0 Å². The summed E-state index contributed by atoms with van der Waals surface area (Å²) in [5, 5.41) is 12.2. The van der Waals surface area contributed by atoms with Crippen molar-refractivity contribution in [2.24, 2.45) is 0 Å². The molecule has 84 valence electrons. The van der Waals surface area contributed by atoms with Crippen LogP contribution in [0.3, 0.4) is 0 Å². The number of nitro benzene ring substituents is 1. The molecular weight excluding hydrogens is 236 g/mol. The zero-order valence-corrected chi connectivity index (χ0v) is 8.95. The van der Waals surface area contributed by atoms with Gasteiger partial charge in [-0.25, -0.2) is 0 Å². The van der Waals surface area contributed by atoms with Crippen molar-refractivity contribution in [1.29, 1.82) is 0 Å². The highest BCUT2D eigenvalue weighted by molar-refractivity contribution is 6.67. The molecule has 1 amide bonds. The molecule has 0 aliphatic rings. The van der Waals surface area contributed by atoms with E-state index in [0.29, 0.717) is 0 Å². The molecule has 6 nitrogen and oxygen atoms in total. The molecule has 1 aromatic carbocycles. The van der Waals surface area contributed by atoms with E-state index in [1.807, 2.05) is 0 Å². The van der Waals surface area contributed by atoms with Gasteiger partial charge in [0.25, 0.3) is 10.9 Å². The van der Waals surface area contributed by atoms with E-state index in [4.69, 9.17) is 11.6 Å². The summed E-state index contributed by atoms with van der Waals surface area (Å²) in [4.78, 5) is 31.6. The lowest BCUT2D eigenvalue weighted by Gasteiger charge is -2.03.